The van der Waals surface area contributed by atoms with Crippen LogP contribution in [0.5, 0.6) is 5.75 Å². The van der Waals surface area contributed by atoms with Crippen molar-refractivity contribution in [1.29, 1.82) is 0 Å². The Kier molecular flexibility index (Phi) is 9.13. The highest BCUT2D eigenvalue weighted by molar-refractivity contribution is 6.03. The highest BCUT2D eigenvalue weighted by Crippen LogP contribution is 2.36. The topological polar surface area (TPSA) is 83.6 Å². The number of pyridine rings is 1. The minimum Gasteiger partial charge on any atom is -0.490 e. The van der Waals surface area contributed by atoms with Crippen molar-refractivity contribution in [3.05, 3.63) is 66.9 Å². The second-order valence-corrected chi connectivity index (χ2v) is 9.44. The van der Waals surface area contributed by atoms with Gasteiger partial charge in [-0.2, -0.15) is 0 Å². The van der Waals surface area contributed by atoms with Crippen LogP contribution >= 0.6 is 0 Å². The van der Waals surface area contributed by atoms with E-state index >= 15 is 0 Å². The van der Waals surface area contributed by atoms with E-state index < -0.39 is 0 Å². The number of carbonyl (C=O) groups excluding carboxylic acids is 2. The lowest BCUT2D eigenvalue weighted by atomic mass is 9.89. The van der Waals surface area contributed by atoms with Crippen LogP contribution in [-0.2, 0) is 4.79 Å². The Labute approximate surface area is 219 Å². The lowest BCUT2D eigenvalue weighted by Gasteiger charge is -2.30. The number of rotatable bonds is 4. The summed E-state index contributed by atoms with van der Waals surface area (Å²) in [5.41, 5.74) is 3.32. The van der Waals surface area contributed by atoms with E-state index in [1.165, 1.54) is 12.8 Å². The fourth-order valence-corrected chi connectivity index (χ4v) is 4.55. The van der Waals surface area contributed by atoms with E-state index in [0.29, 0.717) is 24.7 Å². The maximum absolute atomic E-state index is 12.8. The van der Waals surface area contributed by atoms with Gasteiger partial charge < -0.3 is 15.4 Å². The summed E-state index contributed by atoms with van der Waals surface area (Å²) >= 11 is 0. The third-order valence-corrected chi connectivity index (χ3v) is 6.42. The number of hydrogen-bond acceptors (Lipinski definition) is 4. The smallest absolute Gasteiger partial charge is 0.326 e. The van der Waals surface area contributed by atoms with Gasteiger partial charge in [0.25, 0.3) is 0 Å². The molecular weight excluding hydrogens is 464 g/mol. The van der Waals surface area contributed by atoms with Crippen molar-refractivity contribution in [3.63, 3.8) is 0 Å². The average molecular weight is 501 g/mol. The molecule has 1 fully saturated rings. The Bertz CT molecular complexity index is 1180. The van der Waals surface area contributed by atoms with Crippen LogP contribution in [0.15, 0.2) is 66.9 Å². The van der Waals surface area contributed by atoms with Crippen LogP contribution in [0.2, 0.25) is 0 Å². The number of aromatic nitrogens is 1. The van der Waals surface area contributed by atoms with Crippen molar-refractivity contribution in [2.45, 2.75) is 52.4 Å². The van der Waals surface area contributed by atoms with Crippen LogP contribution in [0.4, 0.5) is 22.0 Å². The Morgan fingerprint density at radius 3 is 2.38 bits per heavy atom. The largest absolute Gasteiger partial charge is 0.490 e. The molecule has 2 aliphatic rings. The summed E-state index contributed by atoms with van der Waals surface area (Å²) in [5.74, 6) is 1.38. The van der Waals surface area contributed by atoms with Gasteiger partial charge >= 0.3 is 6.03 Å². The standard InChI is InChI=1S/C27H28N4O3.C3H8/c32-26(19-7-3-1-4-8-19)30-25-14-12-21(18-28-25)20-11-13-23-24(17-20)34-16-15-31(23)27(33)29-22-9-5-2-6-10-22;1-3-2/h2,5-6,9-14,17-19H,1,3-4,7-8,15-16H2,(H,29,33)(H,28,30,32);3H2,1-2H3. The predicted molar refractivity (Wildman–Crippen MR) is 149 cm³/mol. The summed E-state index contributed by atoms with van der Waals surface area (Å²) in [5, 5.41) is 5.88. The molecule has 2 aromatic carbocycles. The number of anilines is 3. The molecule has 37 heavy (non-hydrogen) atoms. The monoisotopic (exact) mass is 500 g/mol. The maximum atomic E-state index is 12.8. The van der Waals surface area contributed by atoms with Gasteiger partial charge in [0, 0.05) is 23.4 Å². The van der Waals surface area contributed by atoms with Crippen molar-refractivity contribution in [1.82, 2.24) is 4.98 Å². The molecule has 1 aliphatic carbocycles. The number of ether oxygens (including phenoxy) is 1. The molecule has 7 heteroatoms. The molecule has 0 saturated heterocycles. The van der Waals surface area contributed by atoms with Gasteiger partial charge in [-0.3, -0.25) is 9.69 Å². The fourth-order valence-electron chi connectivity index (χ4n) is 4.55. The summed E-state index contributed by atoms with van der Waals surface area (Å²) < 4.78 is 5.86. The summed E-state index contributed by atoms with van der Waals surface area (Å²) in [4.78, 5) is 31.5. The van der Waals surface area contributed by atoms with E-state index in [0.717, 1.165) is 48.2 Å². The van der Waals surface area contributed by atoms with Crippen LogP contribution in [0.3, 0.4) is 0 Å². The van der Waals surface area contributed by atoms with Crippen molar-refractivity contribution in [2.24, 2.45) is 5.92 Å². The van der Waals surface area contributed by atoms with E-state index in [-0.39, 0.29) is 17.9 Å². The Morgan fingerprint density at radius 1 is 0.946 bits per heavy atom. The van der Waals surface area contributed by atoms with Crippen LogP contribution in [0.1, 0.15) is 52.4 Å². The van der Waals surface area contributed by atoms with Crippen LogP contribution < -0.4 is 20.3 Å². The Hall–Kier alpha value is -3.87. The van der Waals surface area contributed by atoms with E-state index in [9.17, 15) is 9.59 Å². The molecule has 3 aromatic rings. The third kappa shape index (κ3) is 6.88. The molecule has 3 amide bonds. The Balaban J connectivity index is 0.00000102. The Morgan fingerprint density at radius 2 is 1.68 bits per heavy atom. The summed E-state index contributed by atoms with van der Waals surface area (Å²) in [6.07, 6.45) is 8.38. The molecule has 194 valence electrons. The zero-order valence-corrected chi connectivity index (χ0v) is 21.7. The quantitative estimate of drug-likeness (QED) is 0.400. The number of benzene rings is 2. The molecule has 1 saturated carbocycles. The van der Waals surface area contributed by atoms with Crippen molar-refractivity contribution < 1.29 is 14.3 Å². The highest BCUT2D eigenvalue weighted by Gasteiger charge is 2.25. The van der Waals surface area contributed by atoms with E-state index in [1.807, 2.05) is 60.7 Å². The number of urea groups is 1. The number of amides is 3. The van der Waals surface area contributed by atoms with Crippen molar-refractivity contribution >= 4 is 29.1 Å². The number of para-hydroxylation sites is 1. The first kappa shape index (κ1) is 26.2. The first-order valence-electron chi connectivity index (χ1n) is 13.3. The lowest BCUT2D eigenvalue weighted by molar-refractivity contribution is -0.120. The van der Waals surface area contributed by atoms with Crippen molar-refractivity contribution in [3.8, 4) is 16.9 Å². The van der Waals surface area contributed by atoms with Gasteiger partial charge in [0.2, 0.25) is 5.91 Å². The van der Waals surface area contributed by atoms with Gasteiger partial charge in [0.15, 0.2) is 0 Å². The predicted octanol–water partition coefficient (Wildman–Crippen LogP) is 7.11. The van der Waals surface area contributed by atoms with Gasteiger partial charge in [0.05, 0.1) is 12.2 Å². The van der Waals surface area contributed by atoms with E-state index in [2.05, 4.69) is 29.5 Å². The maximum Gasteiger partial charge on any atom is 0.326 e. The average Bonchev–Trinajstić information content (AvgIpc) is 2.94. The fraction of sp³-hybridized carbons (Fsp3) is 0.367. The molecule has 1 aromatic heterocycles. The third-order valence-electron chi connectivity index (χ3n) is 6.42. The molecule has 0 radical (unpaired) electrons. The van der Waals surface area contributed by atoms with E-state index in [4.69, 9.17) is 4.74 Å². The number of carbonyl (C=O) groups is 2. The summed E-state index contributed by atoms with van der Waals surface area (Å²) in [6, 6.07) is 18.7. The van der Waals surface area contributed by atoms with Gasteiger partial charge in [-0.15, -0.1) is 0 Å². The molecule has 7 nitrogen and oxygen atoms in total. The van der Waals surface area contributed by atoms with Crippen molar-refractivity contribution in [2.75, 3.05) is 28.7 Å². The second kappa shape index (κ2) is 12.9. The van der Waals surface area contributed by atoms with Crippen LogP contribution in [0, 0.1) is 5.92 Å². The lowest BCUT2D eigenvalue weighted by Crippen LogP contribution is -2.40. The van der Waals surface area contributed by atoms with Gasteiger partial charge in [0.1, 0.15) is 18.2 Å². The summed E-state index contributed by atoms with van der Waals surface area (Å²) in [7, 11) is 0. The molecule has 2 N–H and O–H groups in total. The normalized spacial score (nSPS) is 14.9. The number of fused-ring (bicyclic) bond motifs is 1. The van der Waals surface area contributed by atoms with Crippen LogP contribution in [0.25, 0.3) is 11.1 Å². The molecular formula is C30H36N4O3. The first-order chi connectivity index (χ1) is 18.1. The minimum atomic E-state index is -0.191. The second-order valence-electron chi connectivity index (χ2n) is 9.44. The number of nitrogens with zero attached hydrogens (tertiary/aromatic N) is 2. The molecule has 2 heterocycles. The molecule has 0 unspecified atom stereocenters. The molecule has 0 bridgehead atoms. The van der Waals surface area contributed by atoms with Crippen LogP contribution in [-0.4, -0.2) is 30.1 Å². The molecule has 0 atom stereocenters. The zero-order chi connectivity index (χ0) is 26.0. The first-order valence-corrected chi connectivity index (χ1v) is 13.3. The molecule has 0 spiro atoms. The molecule has 5 rings (SSSR count). The zero-order valence-electron chi connectivity index (χ0n) is 21.7. The number of hydrogen-bond donors (Lipinski definition) is 2. The van der Waals surface area contributed by atoms with Gasteiger partial charge in [-0.25, -0.2) is 9.78 Å². The van der Waals surface area contributed by atoms with E-state index in [1.54, 1.807) is 11.1 Å². The van der Waals surface area contributed by atoms with Gasteiger partial charge in [-0.1, -0.05) is 63.8 Å². The van der Waals surface area contributed by atoms with Gasteiger partial charge in [-0.05, 0) is 54.8 Å². The number of nitrogens with one attached hydrogen (secondary N) is 2. The minimum absolute atomic E-state index is 0.0657. The highest BCUT2D eigenvalue weighted by atomic mass is 16.5. The summed E-state index contributed by atoms with van der Waals surface area (Å²) in [6.45, 7) is 5.14. The SMILES string of the molecule is CCC.O=C(Nc1ccc(-c2ccc3c(c2)OCCN3C(=O)Nc2ccccc2)cn1)C1CCCCC1. The molecule has 1 aliphatic heterocycles.